The molecule has 0 aliphatic heterocycles. The molecule has 0 saturated carbocycles. The Hall–Kier alpha value is -1.32. The predicted molar refractivity (Wildman–Crippen MR) is 67.5 cm³/mol. The minimum Gasteiger partial charge on any atom is -0.346 e. The molecule has 1 aromatic carbocycles. The molecule has 0 bridgehead atoms. The van der Waals surface area contributed by atoms with E-state index in [0.29, 0.717) is 11.6 Å². The summed E-state index contributed by atoms with van der Waals surface area (Å²) in [6.07, 6.45) is 1.92. The molecule has 4 heteroatoms. The van der Waals surface area contributed by atoms with Gasteiger partial charge in [-0.3, -0.25) is 0 Å². The summed E-state index contributed by atoms with van der Waals surface area (Å²) in [7, 11) is 0. The second-order valence-electron chi connectivity index (χ2n) is 4.09. The number of halogens is 2. The largest absolute Gasteiger partial charge is 0.346 e. The fraction of sp³-hybridized carbons (Fsp3) is 0.231. The Labute approximate surface area is 105 Å². The average molecular weight is 253 g/mol. The molecule has 2 aromatic rings. The van der Waals surface area contributed by atoms with E-state index in [1.54, 1.807) is 6.07 Å². The maximum absolute atomic E-state index is 13.1. The van der Waals surface area contributed by atoms with E-state index in [2.05, 4.69) is 0 Å². The Kier molecular flexibility index (Phi) is 3.50. The summed E-state index contributed by atoms with van der Waals surface area (Å²) < 4.78 is 15.1. The van der Waals surface area contributed by atoms with Crippen LogP contribution in [-0.4, -0.2) is 4.57 Å². The van der Waals surface area contributed by atoms with Crippen LogP contribution in [0.15, 0.2) is 36.5 Å². The smallest absolute Gasteiger partial charge is 0.123 e. The van der Waals surface area contributed by atoms with Crippen LogP contribution in [0.3, 0.4) is 0 Å². The second-order valence-corrected chi connectivity index (χ2v) is 4.49. The maximum atomic E-state index is 13.1. The van der Waals surface area contributed by atoms with Gasteiger partial charge < -0.3 is 10.3 Å². The highest BCUT2D eigenvalue weighted by atomic mass is 35.5. The third-order valence-corrected chi connectivity index (χ3v) is 3.05. The molecule has 0 aliphatic carbocycles. The molecule has 0 fully saturated rings. The molecule has 1 heterocycles. The molecule has 0 amide bonds. The standard InChI is InChI=1S/C13H14ClFN2/c1-9(16)13-3-2-6-17(13)8-10-7-11(15)4-5-12(10)14/h2-7,9H,8,16H2,1H3. The van der Waals surface area contributed by atoms with Gasteiger partial charge in [-0.25, -0.2) is 4.39 Å². The van der Waals surface area contributed by atoms with Crippen molar-refractivity contribution in [3.8, 4) is 0 Å². The van der Waals surface area contributed by atoms with Crippen LogP contribution >= 0.6 is 11.6 Å². The van der Waals surface area contributed by atoms with Crippen LogP contribution in [0.4, 0.5) is 4.39 Å². The van der Waals surface area contributed by atoms with Crippen molar-refractivity contribution in [2.45, 2.75) is 19.5 Å². The Bertz CT molecular complexity index is 520. The summed E-state index contributed by atoms with van der Waals surface area (Å²) >= 11 is 6.03. The number of nitrogens with zero attached hydrogens (tertiary/aromatic N) is 1. The molecule has 1 unspecified atom stereocenters. The highest BCUT2D eigenvalue weighted by Crippen LogP contribution is 2.20. The van der Waals surface area contributed by atoms with E-state index >= 15 is 0 Å². The van der Waals surface area contributed by atoms with Gasteiger partial charge in [-0.1, -0.05) is 11.6 Å². The van der Waals surface area contributed by atoms with Crippen molar-refractivity contribution in [1.82, 2.24) is 4.57 Å². The molecule has 2 rings (SSSR count). The van der Waals surface area contributed by atoms with Crippen molar-refractivity contribution in [1.29, 1.82) is 0 Å². The number of benzene rings is 1. The lowest BCUT2D eigenvalue weighted by Crippen LogP contribution is -2.12. The Balaban J connectivity index is 2.31. The fourth-order valence-electron chi connectivity index (χ4n) is 1.83. The molecule has 1 aromatic heterocycles. The first-order valence-corrected chi connectivity index (χ1v) is 5.80. The predicted octanol–water partition coefficient (Wildman–Crippen LogP) is 3.35. The first kappa shape index (κ1) is 12.1. The molecule has 90 valence electrons. The van der Waals surface area contributed by atoms with E-state index < -0.39 is 0 Å². The van der Waals surface area contributed by atoms with E-state index in [0.717, 1.165) is 11.3 Å². The molecule has 0 radical (unpaired) electrons. The van der Waals surface area contributed by atoms with Crippen LogP contribution in [0, 0.1) is 5.82 Å². The zero-order valence-electron chi connectivity index (χ0n) is 9.53. The van der Waals surface area contributed by atoms with Gasteiger partial charge in [-0.05, 0) is 42.8 Å². The SMILES string of the molecule is CC(N)c1cccn1Cc1cc(F)ccc1Cl. The number of rotatable bonds is 3. The number of hydrogen-bond donors (Lipinski definition) is 1. The van der Waals surface area contributed by atoms with Gasteiger partial charge in [-0.2, -0.15) is 0 Å². The molecule has 0 aliphatic rings. The van der Waals surface area contributed by atoms with Gasteiger partial charge in [0, 0.05) is 29.5 Å². The lowest BCUT2D eigenvalue weighted by atomic mass is 10.2. The summed E-state index contributed by atoms with van der Waals surface area (Å²) in [6, 6.07) is 8.20. The van der Waals surface area contributed by atoms with E-state index in [9.17, 15) is 4.39 Å². The van der Waals surface area contributed by atoms with Crippen LogP contribution in [0.1, 0.15) is 24.2 Å². The summed E-state index contributed by atoms with van der Waals surface area (Å²) in [5.41, 5.74) is 7.61. The molecule has 2 N–H and O–H groups in total. The van der Waals surface area contributed by atoms with Crippen LogP contribution in [0.2, 0.25) is 5.02 Å². The molecule has 1 atom stereocenters. The average Bonchev–Trinajstić information content (AvgIpc) is 2.71. The van der Waals surface area contributed by atoms with E-state index in [4.69, 9.17) is 17.3 Å². The minimum absolute atomic E-state index is 0.0580. The van der Waals surface area contributed by atoms with Crippen molar-refractivity contribution in [2.24, 2.45) is 5.73 Å². The zero-order valence-corrected chi connectivity index (χ0v) is 10.3. The van der Waals surface area contributed by atoms with Crippen LogP contribution in [-0.2, 0) is 6.54 Å². The Morgan fingerprint density at radius 1 is 1.41 bits per heavy atom. The quantitative estimate of drug-likeness (QED) is 0.892. The van der Waals surface area contributed by atoms with Gasteiger partial charge >= 0.3 is 0 Å². The summed E-state index contributed by atoms with van der Waals surface area (Å²) in [6.45, 7) is 2.44. The van der Waals surface area contributed by atoms with Gasteiger partial charge in [0.25, 0.3) is 0 Å². The Morgan fingerprint density at radius 3 is 2.88 bits per heavy atom. The summed E-state index contributed by atoms with van der Waals surface area (Å²) in [5, 5.41) is 0.565. The lowest BCUT2D eigenvalue weighted by Gasteiger charge is -2.13. The van der Waals surface area contributed by atoms with Gasteiger partial charge in [0.2, 0.25) is 0 Å². The molecular formula is C13H14ClFN2. The van der Waals surface area contributed by atoms with Crippen molar-refractivity contribution in [2.75, 3.05) is 0 Å². The number of hydrogen-bond acceptors (Lipinski definition) is 1. The van der Waals surface area contributed by atoms with Crippen molar-refractivity contribution < 1.29 is 4.39 Å². The van der Waals surface area contributed by atoms with E-state index in [-0.39, 0.29) is 11.9 Å². The Morgan fingerprint density at radius 2 is 2.18 bits per heavy atom. The monoisotopic (exact) mass is 252 g/mol. The molecule has 17 heavy (non-hydrogen) atoms. The minimum atomic E-state index is -0.279. The zero-order chi connectivity index (χ0) is 12.4. The second kappa shape index (κ2) is 4.90. The fourth-order valence-corrected chi connectivity index (χ4v) is 2.01. The highest BCUT2D eigenvalue weighted by Gasteiger charge is 2.08. The lowest BCUT2D eigenvalue weighted by molar-refractivity contribution is 0.620. The summed E-state index contributed by atoms with van der Waals surface area (Å²) in [4.78, 5) is 0. The first-order valence-electron chi connectivity index (χ1n) is 5.42. The van der Waals surface area contributed by atoms with Crippen molar-refractivity contribution in [3.05, 3.63) is 58.6 Å². The molecule has 0 spiro atoms. The molecule has 2 nitrogen and oxygen atoms in total. The molecular weight excluding hydrogens is 239 g/mol. The number of nitrogens with two attached hydrogens (primary N) is 1. The van der Waals surface area contributed by atoms with Crippen LogP contribution < -0.4 is 5.73 Å². The summed E-state index contributed by atoms with van der Waals surface area (Å²) in [5.74, 6) is -0.279. The third-order valence-electron chi connectivity index (χ3n) is 2.68. The topological polar surface area (TPSA) is 30.9 Å². The number of aromatic nitrogens is 1. The normalized spacial score (nSPS) is 12.7. The maximum Gasteiger partial charge on any atom is 0.123 e. The van der Waals surface area contributed by atoms with Gasteiger partial charge in [0.15, 0.2) is 0 Å². The van der Waals surface area contributed by atoms with Crippen LogP contribution in [0.25, 0.3) is 0 Å². The first-order chi connectivity index (χ1) is 8.08. The molecule has 0 saturated heterocycles. The van der Waals surface area contributed by atoms with Gasteiger partial charge in [-0.15, -0.1) is 0 Å². The van der Waals surface area contributed by atoms with Gasteiger partial charge in [0.1, 0.15) is 5.82 Å². The van der Waals surface area contributed by atoms with E-state index in [1.165, 1.54) is 12.1 Å². The van der Waals surface area contributed by atoms with E-state index in [1.807, 2.05) is 29.8 Å². The third kappa shape index (κ3) is 2.68. The van der Waals surface area contributed by atoms with Crippen molar-refractivity contribution in [3.63, 3.8) is 0 Å². The highest BCUT2D eigenvalue weighted by molar-refractivity contribution is 6.31. The van der Waals surface area contributed by atoms with Crippen LogP contribution in [0.5, 0.6) is 0 Å². The van der Waals surface area contributed by atoms with Crippen molar-refractivity contribution >= 4 is 11.6 Å². The van der Waals surface area contributed by atoms with Gasteiger partial charge in [0.05, 0.1) is 0 Å².